The maximum atomic E-state index is 13.0. The van der Waals surface area contributed by atoms with Gasteiger partial charge in [-0.2, -0.15) is 0 Å². The van der Waals surface area contributed by atoms with E-state index in [1.54, 1.807) is 30.3 Å². The Hall–Kier alpha value is -3.72. The van der Waals surface area contributed by atoms with Gasteiger partial charge in [-0.15, -0.1) is 0 Å². The van der Waals surface area contributed by atoms with E-state index in [0.717, 1.165) is 11.3 Å². The SMILES string of the molecule is COc1ccc(NS(=O)(=O)c2cc(NC(=O)CCCOc3cccc(C)c3)ccc2OC)cc1. The summed E-state index contributed by atoms with van der Waals surface area (Å²) in [5.41, 5.74) is 1.81. The first-order valence-corrected chi connectivity index (χ1v) is 12.1. The number of ether oxygens (including phenoxy) is 3. The molecule has 2 N–H and O–H groups in total. The van der Waals surface area contributed by atoms with Crippen molar-refractivity contribution in [3.63, 3.8) is 0 Å². The molecule has 9 heteroatoms. The molecular weight excluding hydrogens is 456 g/mol. The van der Waals surface area contributed by atoms with Gasteiger partial charge in [0.15, 0.2) is 0 Å². The predicted molar refractivity (Wildman–Crippen MR) is 131 cm³/mol. The van der Waals surface area contributed by atoms with E-state index in [4.69, 9.17) is 14.2 Å². The fourth-order valence-corrected chi connectivity index (χ4v) is 4.44. The summed E-state index contributed by atoms with van der Waals surface area (Å²) in [6, 6.07) is 18.6. The zero-order valence-electron chi connectivity index (χ0n) is 19.3. The van der Waals surface area contributed by atoms with Crippen LogP contribution in [0.2, 0.25) is 0 Å². The third kappa shape index (κ3) is 6.89. The number of carbonyl (C=O) groups excluding carboxylic acids is 1. The van der Waals surface area contributed by atoms with Crippen molar-refractivity contribution < 1.29 is 27.4 Å². The van der Waals surface area contributed by atoms with Gasteiger partial charge in [-0.05, 0) is 73.5 Å². The van der Waals surface area contributed by atoms with Crippen molar-refractivity contribution in [3.8, 4) is 17.2 Å². The van der Waals surface area contributed by atoms with Gasteiger partial charge in [-0.25, -0.2) is 8.42 Å². The Morgan fingerprint density at radius 3 is 2.29 bits per heavy atom. The van der Waals surface area contributed by atoms with Crippen LogP contribution in [0.25, 0.3) is 0 Å². The summed E-state index contributed by atoms with van der Waals surface area (Å²) in [4.78, 5) is 12.3. The standard InChI is InChI=1S/C25H28N2O6S/c1-18-6-4-7-22(16-18)33-15-5-8-25(28)26-20-11-14-23(32-3)24(17-20)34(29,30)27-19-9-12-21(31-2)13-10-19/h4,6-7,9-14,16-17,27H,5,8,15H2,1-3H3,(H,26,28). The molecule has 180 valence electrons. The summed E-state index contributed by atoms with van der Waals surface area (Å²) >= 11 is 0. The molecule has 3 rings (SSSR count). The van der Waals surface area contributed by atoms with Gasteiger partial charge in [-0.3, -0.25) is 9.52 Å². The van der Waals surface area contributed by atoms with E-state index in [9.17, 15) is 13.2 Å². The Morgan fingerprint density at radius 1 is 0.882 bits per heavy atom. The highest BCUT2D eigenvalue weighted by atomic mass is 32.2. The minimum Gasteiger partial charge on any atom is -0.497 e. The topological polar surface area (TPSA) is 103 Å². The van der Waals surface area contributed by atoms with Gasteiger partial charge < -0.3 is 19.5 Å². The lowest BCUT2D eigenvalue weighted by Gasteiger charge is -2.14. The fraction of sp³-hybridized carbons (Fsp3) is 0.240. The number of methoxy groups -OCH3 is 2. The zero-order chi connectivity index (χ0) is 24.6. The van der Waals surface area contributed by atoms with Crippen LogP contribution in [-0.2, 0) is 14.8 Å². The number of rotatable bonds is 11. The monoisotopic (exact) mass is 484 g/mol. The average molecular weight is 485 g/mol. The normalized spacial score (nSPS) is 10.9. The van der Waals surface area contributed by atoms with Gasteiger partial charge >= 0.3 is 0 Å². The van der Waals surface area contributed by atoms with Crippen LogP contribution in [0.1, 0.15) is 18.4 Å². The summed E-state index contributed by atoms with van der Waals surface area (Å²) < 4.78 is 44.5. The molecule has 0 aliphatic carbocycles. The van der Waals surface area contributed by atoms with Crippen molar-refractivity contribution in [2.75, 3.05) is 30.9 Å². The lowest BCUT2D eigenvalue weighted by atomic mass is 10.2. The number of benzene rings is 3. The Balaban J connectivity index is 1.62. The van der Waals surface area contributed by atoms with E-state index in [0.29, 0.717) is 30.2 Å². The van der Waals surface area contributed by atoms with Crippen LogP contribution in [0.4, 0.5) is 11.4 Å². The first kappa shape index (κ1) is 24.9. The minimum absolute atomic E-state index is 0.0913. The summed E-state index contributed by atoms with van der Waals surface area (Å²) in [6.45, 7) is 2.38. The molecule has 1 amide bonds. The molecule has 0 spiro atoms. The molecule has 0 saturated heterocycles. The highest BCUT2D eigenvalue weighted by molar-refractivity contribution is 7.92. The van der Waals surface area contributed by atoms with Crippen LogP contribution in [-0.4, -0.2) is 35.2 Å². The van der Waals surface area contributed by atoms with Crippen LogP contribution < -0.4 is 24.2 Å². The Labute approximate surface area is 199 Å². The van der Waals surface area contributed by atoms with Gasteiger partial charge in [0, 0.05) is 17.8 Å². The smallest absolute Gasteiger partial charge is 0.265 e. The van der Waals surface area contributed by atoms with Crippen molar-refractivity contribution in [3.05, 3.63) is 72.3 Å². The summed E-state index contributed by atoms with van der Waals surface area (Å²) in [5, 5.41) is 2.73. The molecule has 0 saturated carbocycles. The van der Waals surface area contributed by atoms with Crippen LogP contribution in [0.5, 0.6) is 17.2 Å². The van der Waals surface area contributed by atoms with E-state index in [-0.39, 0.29) is 23.0 Å². The highest BCUT2D eigenvalue weighted by Crippen LogP contribution is 2.29. The van der Waals surface area contributed by atoms with Crippen LogP contribution >= 0.6 is 0 Å². The molecule has 0 aliphatic rings. The number of anilines is 2. The van der Waals surface area contributed by atoms with E-state index in [1.807, 2.05) is 31.2 Å². The van der Waals surface area contributed by atoms with E-state index >= 15 is 0 Å². The average Bonchev–Trinajstić information content (AvgIpc) is 2.82. The third-order valence-corrected chi connectivity index (χ3v) is 6.29. The number of hydrogen-bond donors (Lipinski definition) is 2. The Kier molecular flexibility index (Phi) is 8.37. The van der Waals surface area contributed by atoms with Gasteiger partial charge in [0.2, 0.25) is 5.91 Å². The second-order valence-corrected chi connectivity index (χ2v) is 9.17. The third-order valence-electron chi connectivity index (χ3n) is 4.89. The van der Waals surface area contributed by atoms with Crippen molar-refractivity contribution in [2.24, 2.45) is 0 Å². The minimum atomic E-state index is -3.98. The molecule has 3 aromatic carbocycles. The van der Waals surface area contributed by atoms with E-state index in [1.165, 1.54) is 26.4 Å². The van der Waals surface area contributed by atoms with Gasteiger partial charge in [0.05, 0.1) is 20.8 Å². The lowest BCUT2D eigenvalue weighted by molar-refractivity contribution is -0.116. The lowest BCUT2D eigenvalue weighted by Crippen LogP contribution is -2.16. The van der Waals surface area contributed by atoms with Crippen LogP contribution in [0.15, 0.2) is 71.6 Å². The Morgan fingerprint density at radius 2 is 1.62 bits per heavy atom. The molecule has 0 radical (unpaired) electrons. The summed E-state index contributed by atoms with van der Waals surface area (Å²) in [6.07, 6.45) is 0.740. The maximum Gasteiger partial charge on any atom is 0.265 e. The first-order chi connectivity index (χ1) is 16.3. The summed E-state index contributed by atoms with van der Waals surface area (Å²) in [5.74, 6) is 1.28. The second-order valence-electron chi connectivity index (χ2n) is 7.52. The molecule has 0 fully saturated rings. The molecule has 0 unspecified atom stereocenters. The molecule has 0 aromatic heterocycles. The van der Waals surface area contributed by atoms with Crippen molar-refractivity contribution in [1.29, 1.82) is 0 Å². The van der Waals surface area contributed by atoms with Gasteiger partial charge in [-0.1, -0.05) is 12.1 Å². The molecular formula is C25H28N2O6S. The van der Waals surface area contributed by atoms with Crippen molar-refractivity contribution >= 4 is 27.3 Å². The van der Waals surface area contributed by atoms with Crippen molar-refractivity contribution in [2.45, 2.75) is 24.7 Å². The molecule has 0 heterocycles. The molecule has 0 bridgehead atoms. The first-order valence-electron chi connectivity index (χ1n) is 10.6. The Bertz CT molecular complexity index is 1230. The van der Waals surface area contributed by atoms with Crippen LogP contribution in [0.3, 0.4) is 0 Å². The number of aryl methyl sites for hydroxylation is 1. The van der Waals surface area contributed by atoms with E-state index < -0.39 is 10.0 Å². The number of sulfonamides is 1. The number of amides is 1. The van der Waals surface area contributed by atoms with Gasteiger partial charge in [0.1, 0.15) is 22.1 Å². The summed E-state index contributed by atoms with van der Waals surface area (Å²) in [7, 11) is -1.06. The molecule has 8 nitrogen and oxygen atoms in total. The predicted octanol–water partition coefficient (Wildman–Crippen LogP) is 4.61. The molecule has 34 heavy (non-hydrogen) atoms. The molecule has 3 aromatic rings. The zero-order valence-corrected chi connectivity index (χ0v) is 20.1. The van der Waals surface area contributed by atoms with E-state index in [2.05, 4.69) is 10.0 Å². The fourth-order valence-electron chi connectivity index (χ4n) is 3.19. The second kappa shape index (κ2) is 11.4. The quantitative estimate of drug-likeness (QED) is 0.385. The maximum absolute atomic E-state index is 13.0. The number of nitrogens with one attached hydrogen (secondary N) is 2. The van der Waals surface area contributed by atoms with Gasteiger partial charge in [0.25, 0.3) is 10.0 Å². The number of hydrogen-bond acceptors (Lipinski definition) is 6. The highest BCUT2D eigenvalue weighted by Gasteiger charge is 2.21. The van der Waals surface area contributed by atoms with Crippen molar-refractivity contribution in [1.82, 2.24) is 0 Å². The number of carbonyl (C=O) groups is 1. The largest absolute Gasteiger partial charge is 0.497 e. The molecule has 0 atom stereocenters. The van der Waals surface area contributed by atoms with Crippen LogP contribution in [0, 0.1) is 6.92 Å². The molecule has 0 aliphatic heterocycles.